The third-order valence-corrected chi connectivity index (χ3v) is 6.65. The van der Waals surface area contributed by atoms with Gasteiger partial charge in [-0.25, -0.2) is 4.98 Å². The summed E-state index contributed by atoms with van der Waals surface area (Å²) in [6.45, 7) is 5.37. The molecule has 0 aromatic carbocycles. The number of hydrogen-bond acceptors (Lipinski definition) is 6. The van der Waals surface area contributed by atoms with E-state index in [1.165, 1.54) is 11.3 Å². The molecular weight excluding hydrogens is 342 g/mol. The van der Waals surface area contributed by atoms with Crippen molar-refractivity contribution in [3.8, 4) is 0 Å². The van der Waals surface area contributed by atoms with Crippen molar-refractivity contribution in [2.75, 3.05) is 44.2 Å². The van der Waals surface area contributed by atoms with Crippen LogP contribution in [0.3, 0.4) is 0 Å². The van der Waals surface area contributed by atoms with E-state index in [-0.39, 0.29) is 5.92 Å². The Balaban J connectivity index is 1.27. The molecule has 6 rings (SSSR count). The maximum absolute atomic E-state index is 13.0. The van der Waals surface area contributed by atoms with Crippen LogP contribution in [0.5, 0.6) is 0 Å². The molecule has 27 heavy (non-hydrogen) atoms. The summed E-state index contributed by atoms with van der Waals surface area (Å²) < 4.78 is 1.96. The first kappa shape index (κ1) is 15.8. The minimum Gasteiger partial charge on any atom is -0.354 e. The molecule has 2 atom stereocenters. The normalized spacial score (nSPS) is 27.7. The second-order valence-corrected chi connectivity index (χ2v) is 8.30. The number of piperazine rings is 1. The standard InChI is InChI=1S/C19H25N7O/c27-19(25-11-13-7-14(25)8-21-13)12-9-24(10-12)18-15-1-4-20-5-2-16(15)23-17-3-6-22-26(17)18/h3,6,12-14,20-21H,1-2,4-5,7-11H2/t13-,14-/m0/s1. The van der Waals surface area contributed by atoms with Gasteiger partial charge in [-0.05, 0) is 19.4 Å². The molecule has 6 heterocycles. The largest absolute Gasteiger partial charge is 0.354 e. The van der Waals surface area contributed by atoms with Gasteiger partial charge >= 0.3 is 0 Å². The second-order valence-electron chi connectivity index (χ2n) is 8.30. The number of fused-ring (bicyclic) bond motifs is 4. The molecule has 142 valence electrons. The van der Waals surface area contributed by atoms with E-state index < -0.39 is 0 Å². The monoisotopic (exact) mass is 367 g/mol. The van der Waals surface area contributed by atoms with E-state index in [0.717, 1.165) is 70.0 Å². The number of hydrogen-bond donors (Lipinski definition) is 2. The SMILES string of the molecule is O=C(C1CN(c2c3c(nc4ccnn24)CCNCC3)C1)N1C[C@@H]2C[C@H]1CN2. The number of nitrogens with one attached hydrogen (secondary N) is 2. The lowest BCUT2D eigenvalue weighted by Gasteiger charge is -2.43. The maximum Gasteiger partial charge on any atom is 0.229 e. The van der Waals surface area contributed by atoms with Crippen molar-refractivity contribution < 1.29 is 4.79 Å². The van der Waals surface area contributed by atoms with Crippen molar-refractivity contribution in [2.45, 2.75) is 31.3 Å². The molecule has 0 radical (unpaired) electrons. The van der Waals surface area contributed by atoms with Crippen molar-refractivity contribution in [3.63, 3.8) is 0 Å². The van der Waals surface area contributed by atoms with Gasteiger partial charge in [0.15, 0.2) is 5.65 Å². The molecule has 0 unspecified atom stereocenters. The van der Waals surface area contributed by atoms with Crippen LogP contribution in [0, 0.1) is 5.92 Å². The molecule has 0 saturated carbocycles. The molecule has 1 amide bonds. The second kappa shape index (κ2) is 5.90. The predicted molar refractivity (Wildman–Crippen MR) is 101 cm³/mol. The highest BCUT2D eigenvalue weighted by Gasteiger charge is 2.45. The van der Waals surface area contributed by atoms with E-state index in [2.05, 4.69) is 25.5 Å². The van der Waals surface area contributed by atoms with Gasteiger partial charge in [0, 0.05) is 62.9 Å². The number of amides is 1. The Labute approximate surface area is 157 Å². The zero-order chi connectivity index (χ0) is 18.0. The zero-order valence-corrected chi connectivity index (χ0v) is 15.4. The van der Waals surface area contributed by atoms with Crippen LogP contribution in [-0.2, 0) is 17.6 Å². The minimum atomic E-state index is 0.114. The van der Waals surface area contributed by atoms with E-state index >= 15 is 0 Å². The highest BCUT2D eigenvalue weighted by atomic mass is 16.2. The van der Waals surface area contributed by atoms with Crippen molar-refractivity contribution >= 4 is 17.4 Å². The molecule has 2 N–H and O–H groups in total. The van der Waals surface area contributed by atoms with Crippen LogP contribution >= 0.6 is 0 Å². The Hall–Kier alpha value is -2.19. The van der Waals surface area contributed by atoms with E-state index in [1.807, 2.05) is 16.8 Å². The first-order chi connectivity index (χ1) is 13.3. The van der Waals surface area contributed by atoms with E-state index in [9.17, 15) is 4.79 Å². The molecule has 2 aromatic heterocycles. The Kier molecular flexibility index (Phi) is 3.46. The molecular formula is C19H25N7O. The highest BCUT2D eigenvalue weighted by Crippen LogP contribution is 2.33. The topological polar surface area (TPSA) is 77.8 Å². The van der Waals surface area contributed by atoms with Gasteiger partial charge in [-0.1, -0.05) is 0 Å². The molecule has 0 spiro atoms. The summed E-state index contributed by atoms with van der Waals surface area (Å²) in [4.78, 5) is 22.3. The predicted octanol–water partition coefficient (Wildman–Crippen LogP) is -0.574. The van der Waals surface area contributed by atoms with Crippen LogP contribution < -0.4 is 15.5 Å². The Morgan fingerprint density at radius 1 is 1.19 bits per heavy atom. The Morgan fingerprint density at radius 2 is 2.07 bits per heavy atom. The molecule has 8 heteroatoms. The summed E-state index contributed by atoms with van der Waals surface area (Å²) in [5.74, 6) is 1.61. The van der Waals surface area contributed by atoms with Crippen LogP contribution in [-0.4, -0.2) is 76.8 Å². The molecule has 2 bridgehead atoms. The van der Waals surface area contributed by atoms with Gasteiger partial charge in [-0.15, -0.1) is 0 Å². The van der Waals surface area contributed by atoms with Crippen LogP contribution in [0.15, 0.2) is 12.3 Å². The average molecular weight is 367 g/mol. The van der Waals surface area contributed by atoms with Gasteiger partial charge in [-0.2, -0.15) is 9.61 Å². The van der Waals surface area contributed by atoms with Crippen molar-refractivity contribution in [3.05, 3.63) is 23.5 Å². The maximum atomic E-state index is 13.0. The molecule has 4 aliphatic rings. The fourth-order valence-corrected chi connectivity index (χ4v) is 5.21. The van der Waals surface area contributed by atoms with Gasteiger partial charge in [0.25, 0.3) is 0 Å². The lowest BCUT2D eigenvalue weighted by Crippen LogP contribution is -2.58. The van der Waals surface area contributed by atoms with Crippen molar-refractivity contribution in [2.24, 2.45) is 5.92 Å². The highest BCUT2D eigenvalue weighted by molar-refractivity contribution is 5.83. The Bertz CT molecular complexity index is 903. The Morgan fingerprint density at radius 3 is 2.89 bits per heavy atom. The summed E-state index contributed by atoms with van der Waals surface area (Å²) in [6.07, 6.45) is 4.86. The number of rotatable bonds is 2. The van der Waals surface area contributed by atoms with E-state index in [1.54, 1.807) is 0 Å². The molecule has 2 aromatic rings. The quantitative estimate of drug-likeness (QED) is 0.740. The minimum absolute atomic E-state index is 0.114. The lowest BCUT2D eigenvalue weighted by molar-refractivity contribution is -0.137. The number of likely N-dealkylation sites (tertiary alicyclic amines) is 1. The first-order valence-electron chi connectivity index (χ1n) is 10.1. The zero-order valence-electron chi connectivity index (χ0n) is 15.4. The smallest absolute Gasteiger partial charge is 0.229 e. The van der Waals surface area contributed by atoms with Crippen molar-refractivity contribution in [1.29, 1.82) is 0 Å². The summed E-state index contributed by atoms with van der Waals surface area (Å²) >= 11 is 0. The number of nitrogens with zero attached hydrogens (tertiary/aromatic N) is 5. The summed E-state index contributed by atoms with van der Waals surface area (Å²) in [5.41, 5.74) is 3.38. The third-order valence-electron chi connectivity index (χ3n) is 6.65. The lowest BCUT2D eigenvalue weighted by atomic mass is 9.96. The molecule has 8 nitrogen and oxygen atoms in total. The van der Waals surface area contributed by atoms with Gasteiger partial charge < -0.3 is 20.4 Å². The van der Waals surface area contributed by atoms with Gasteiger partial charge in [0.1, 0.15) is 5.82 Å². The van der Waals surface area contributed by atoms with Gasteiger partial charge in [0.2, 0.25) is 5.91 Å². The molecule has 3 fully saturated rings. The summed E-state index contributed by atoms with van der Waals surface area (Å²) in [6, 6.07) is 2.90. The van der Waals surface area contributed by atoms with Crippen LogP contribution in [0.4, 0.5) is 5.82 Å². The molecule has 4 aliphatic heterocycles. The number of aromatic nitrogens is 3. The van der Waals surface area contributed by atoms with E-state index in [4.69, 9.17) is 4.98 Å². The first-order valence-corrected chi connectivity index (χ1v) is 10.1. The third kappa shape index (κ3) is 2.39. The fraction of sp³-hybridized carbons (Fsp3) is 0.632. The van der Waals surface area contributed by atoms with Crippen LogP contribution in [0.1, 0.15) is 17.7 Å². The van der Waals surface area contributed by atoms with Gasteiger partial charge in [0.05, 0.1) is 17.8 Å². The van der Waals surface area contributed by atoms with Crippen LogP contribution in [0.25, 0.3) is 5.65 Å². The fourth-order valence-electron chi connectivity index (χ4n) is 5.21. The van der Waals surface area contributed by atoms with Crippen molar-refractivity contribution in [1.82, 2.24) is 30.1 Å². The number of carbonyl (C=O) groups is 1. The molecule has 3 saturated heterocycles. The number of anilines is 1. The molecule has 0 aliphatic carbocycles. The van der Waals surface area contributed by atoms with Crippen LogP contribution in [0.2, 0.25) is 0 Å². The van der Waals surface area contributed by atoms with Gasteiger partial charge in [-0.3, -0.25) is 4.79 Å². The van der Waals surface area contributed by atoms with E-state index in [0.29, 0.717) is 18.0 Å². The summed E-state index contributed by atoms with van der Waals surface area (Å²) in [7, 11) is 0. The number of carbonyl (C=O) groups excluding carboxylic acids is 1. The summed E-state index contributed by atoms with van der Waals surface area (Å²) in [5, 5.41) is 11.5. The average Bonchev–Trinajstić information content (AvgIpc) is 3.33.